The number of carbonyl (C=O) groups is 1. The smallest absolute Gasteiger partial charge is 0.368 e. The number of hydrogen-bond donors (Lipinski definition) is 1. The van der Waals surface area contributed by atoms with Crippen LogP contribution < -0.4 is 10.6 Å². The summed E-state index contributed by atoms with van der Waals surface area (Å²) in [5.41, 5.74) is 9.16. The lowest BCUT2D eigenvalue weighted by atomic mass is 9.71. The standard InChI is InChI=1S/C28H28F3N7OS/c1-17-18(2-3-23-21(17)8-19(11-32)38(23)13-24(33)39)12-36-14-27(15-36)4-6-37(7-5-27)25-22-9-20(10-28(29,30)31)40-26(22)35-16-34-25/h2-3,8-9,16H,4-7,10,12-15H2,1H3,(H2,33,39). The lowest BCUT2D eigenvalue weighted by molar-refractivity contribution is -0.126. The summed E-state index contributed by atoms with van der Waals surface area (Å²) in [6.45, 7) is 6.40. The van der Waals surface area contributed by atoms with Crippen molar-refractivity contribution < 1.29 is 18.0 Å². The molecule has 2 aliphatic rings. The lowest BCUT2D eigenvalue weighted by Gasteiger charge is -2.54. The Morgan fingerprint density at radius 1 is 1.18 bits per heavy atom. The number of fused-ring (bicyclic) bond motifs is 2. The summed E-state index contributed by atoms with van der Waals surface area (Å²) < 4.78 is 40.4. The molecule has 0 unspecified atom stereocenters. The molecule has 12 heteroatoms. The summed E-state index contributed by atoms with van der Waals surface area (Å²) in [4.78, 5) is 25.6. The van der Waals surface area contributed by atoms with Gasteiger partial charge in [-0.05, 0) is 54.5 Å². The molecule has 0 saturated carbocycles. The fraction of sp³-hybridized carbons (Fsp3) is 0.429. The van der Waals surface area contributed by atoms with Crippen LogP contribution in [0, 0.1) is 23.7 Å². The number of nitrogens with zero attached hydrogens (tertiary/aromatic N) is 6. The Hall–Kier alpha value is -3.69. The van der Waals surface area contributed by atoms with E-state index in [4.69, 9.17) is 5.73 Å². The zero-order valence-electron chi connectivity index (χ0n) is 22.0. The number of aryl methyl sites for hydroxylation is 1. The second kappa shape index (κ2) is 9.74. The average Bonchev–Trinajstić information content (AvgIpc) is 3.44. The number of halogens is 3. The molecule has 2 N–H and O–H groups in total. The van der Waals surface area contributed by atoms with Gasteiger partial charge in [0.05, 0.1) is 11.8 Å². The zero-order chi connectivity index (χ0) is 28.2. The maximum Gasteiger partial charge on any atom is 0.393 e. The molecule has 4 aromatic rings. The van der Waals surface area contributed by atoms with Crippen molar-refractivity contribution in [3.05, 3.63) is 52.3 Å². The van der Waals surface area contributed by atoms with Crippen molar-refractivity contribution in [1.82, 2.24) is 19.4 Å². The van der Waals surface area contributed by atoms with Crippen molar-refractivity contribution in [3.63, 3.8) is 0 Å². The van der Waals surface area contributed by atoms with Crippen LogP contribution >= 0.6 is 11.3 Å². The Morgan fingerprint density at radius 2 is 1.93 bits per heavy atom. The highest BCUT2D eigenvalue weighted by atomic mass is 32.1. The van der Waals surface area contributed by atoms with Gasteiger partial charge in [0.2, 0.25) is 5.91 Å². The Balaban J connectivity index is 1.11. The van der Waals surface area contributed by atoms with Crippen LogP contribution in [0.25, 0.3) is 21.1 Å². The Labute approximate surface area is 232 Å². The van der Waals surface area contributed by atoms with E-state index >= 15 is 0 Å². The largest absolute Gasteiger partial charge is 0.393 e. The van der Waals surface area contributed by atoms with Crippen LogP contribution in [0.1, 0.15) is 34.5 Å². The number of aromatic nitrogens is 3. The minimum absolute atomic E-state index is 0.0293. The molecule has 2 fully saturated rings. The first-order valence-electron chi connectivity index (χ1n) is 13.1. The number of amides is 1. The van der Waals surface area contributed by atoms with Gasteiger partial charge in [0.15, 0.2) is 0 Å². The van der Waals surface area contributed by atoms with Crippen molar-refractivity contribution in [3.8, 4) is 6.07 Å². The maximum atomic E-state index is 12.9. The molecule has 208 valence electrons. The highest BCUT2D eigenvalue weighted by Crippen LogP contribution is 2.43. The van der Waals surface area contributed by atoms with Crippen molar-refractivity contribution in [2.75, 3.05) is 31.1 Å². The fourth-order valence-corrected chi connectivity index (χ4v) is 7.33. The second-order valence-electron chi connectivity index (χ2n) is 11.0. The number of piperidine rings is 1. The third-order valence-electron chi connectivity index (χ3n) is 8.26. The van der Waals surface area contributed by atoms with E-state index in [1.165, 1.54) is 11.9 Å². The van der Waals surface area contributed by atoms with Gasteiger partial charge >= 0.3 is 6.18 Å². The van der Waals surface area contributed by atoms with Crippen molar-refractivity contribution in [2.45, 2.75) is 45.5 Å². The van der Waals surface area contributed by atoms with Crippen LogP contribution in [0.15, 0.2) is 30.6 Å². The number of hydrogen-bond acceptors (Lipinski definition) is 7. The molecule has 2 aliphatic heterocycles. The number of primary amides is 1. The first-order chi connectivity index (χ1) is 19.0. The molecule has 40 heavy (non-hydrogen) atoms. The highest BCUT2D eigenvalue weighted by Gasteiger charge is 2.45. The maximum absolute atomic E-state index is 12.9. The van der Waals surface area contributed by atoms with Gasteiger partial charge in [-0.1, -0.05) is 6.07 Å². The van der Waals surface area contributed by atoms with Crippen LogP contribution in [-0.2, 0) is 24.3 Å². The van der Waals surface area contributed by atoms with Crippen molar-refractivity contribution in [1.29, 1.82) is 5.26 Å². The summed E-state index contributed by atoms with van der Waals surface area (Å²) in [5.74, 6) is 0.239. The fourth-order valence-electron chi connectivity index (χ4n) is 6.31. The number of nitriles is 1. The molecule has 0 aliphatic carbocycles. The number of likely N-dealkylation sites (tertiary alicyclic amines) is 1. The SMILES string of the molecule is Cc1c(CN2CC3(CCN(c4ncnc5sc(CC(F)(F)F)cc45)CC3)C2)ccc2c1cc(C#N)n2CC(N)=O. The number of carbonyl (C=O) groups excluding carboxylic acids is 1. The van der Waals surface area contributed by atoms with Crippen molar-refractivity contribution in [2.24, 2.45) is 11.1 Å². The van der Waals surface area contributed by atoms with Gasteiger partial charge in [-0.25, -0.2) is 9.97 Å². The minimum atomic E-state index is -4.25. The van der Waals surface area contributed by atoms with E-state index in [-0.39, 0.29) is 16.8 Å². The zero-order valence-corrected chi connectivity index (χ0v) is 22.8. The molecule has 8 nitrogen and oxygen atoms in total. The van der Waals surface area contributed by atoms with E-state index in [1.54, 1.807) is 10.6 Å². The summed E-state index contributed by atoms with van der Waals surface area (Å²) >= 11 is 1.08. The van der Waals surface area contributed by atoms with Gasteiger partial charge in [0, 0.05) is 48.5 Å². The van der Waals surface area contributed by atoms with E-state index in [2.05, 4.69) is 38.8 Å². The van der Waals surface area contributed by atoms with Gasteiger partial charge in [-0.15, -0.1) is 11.3 Å². The van der Waals surface area contributed by atoms with Crippen LogP contribution in [0.3, 0.4) is 0 Å². The van der Waals surface area contributed by atoms with E-state index in [0.717, 1.165) is 79.2 Å². The normalized spacial score (nSPS) is 17.4. The summed E-state index contributed by atoms with van der Waals surface area (Å²) in [6.07, 6.45) is -1.76. The monoisotopic (exact) mass is 567 g/mol. The predicted octanol–water partition coefficient (Wildman–Crippen LogP) is 4.52. The van der Waals surface area contributed by atoms with Crippen LogP contribution in [-0.4, -0.2) is 57.7 Å². The number of alkyl halides is 3. The molecule has 1 aromatic carbocycles. The second-order valence-corrected chi connectivity index (χ2v) is 12.1. The molecule has 0 radical (unpaired) electrons. The third-order valence-corrected chi connectivity index (χ3v) is 9.31. The van der Waals surface area contributed by atoms with Gasteiger partial charge < -0.3 is 15.2 Å². The van der Waals surface area contributed by atoms with Crippen molar-refractivity contribution >= 4 is 44.2 Å². The van der Waals surface area contributed by atoms with Crippen LogP contribution in [0.2, 0.25) is 0 Å². The lowest BCUT2D eigenvalue weighted by Crippen LogP contribution is -2.59. The molecule has 3 aromatic heterocycles. The predicted molar refractivity (Wildman–Crippen MR) is 147 cm³/mol. The first kappa shape index (κ1) is 26.5. The van der Waals surface area contributed by atoms with Gasteiger partial charge in [0.1, 0.15) is 35.3 Å². The Bertz CT molecular complexity index is 1650. The Morgan fingerprint density at radius 3 is 2.60 bits per heavy atom. The number of nitrogens with two attached hydrogens (primary N) is 1. The van der Waals surface area contributed by atoms with E-state index in [9.17, 15) is 23.2 Å². The number of anilines is 1. The van der Waals surface area contributed by atoms with Crippen LogP contribution in [0.5, 0.6) is 0 Å². The number of rotatable bonds is 6. The molecular weight excluding hydrogens is 539 g/mol. The summed E-state index contributed by atoms with van der Waals surface area (Å²) in [7, 11) is 0. The van der Waals surface area contributed by atoms with E-state index < -0.39 is 18.5 Å². The topological polar surface area (TPSA) is 104 Å². The summed E-state index contributed by atoms with van der Waals surface area (Å²) in [5, 5.41) is 11.2. The van der Waals surface area contributed by atoms with E-state index in [1.807, 2.05) is 12.1 Å². The Kier molecular flexibility index (Phi) is 6.46. The molecule has 0 bridgehead atoms. The quantitative estimate of drug-likeness (QED) is 0.368. The van der Waals surface area contributed by atoms with E-state index in [0.29, 0.717) is 15.9 Å². The number of benzene rings is 1. The van der Waals surface area contributed by atoms with Gasteiger partial charge in [-0.2, -0.15) is 18.4 Å². The molecule has 2 saturated heterocycles. The molecule has 5 heterocycles. The highest BCUT2D eigenvalue weighted by molar-refractivity contribution is 7.18. The number of thiophene rings is 1. The average molecular weight is 568 g/mol. The van der Waals surface area contributed by atoms with Gasteiger partial charge in [0.25, 0.3) is 0 Å². The molecule has 1 amide bonds. The first-order valence-corrected chi connectivity index (χ1v) is 13.9. The summed E-state index contributed by atoms with van der Waals surface area (Å²) in [6, 6.07) is 9.61. The molecular formula is C28H28F3N7OS. The third kappa shape index (κ3) is 4.88. The molecule has 6 rings (SSSR count). The van der Waals surface area contributed by atoms with Gasteiger partial charge in [-0.3, -0.25) is 9.69 Å². The minimum Gasteiger partial charge on any atom is -0.368 e. The molecule has 1 spiro atoms. The molecule has 0 atom stereocenters. The van der Waals surface area contributed by atoms with Crippen LogP contribution in [0.4, 0.5) is 19.0 Å².